The van der Waals surface area contributed by atoms with Gasteiger partial charge in [0.05, 0.1) is 0 Å². The average molecular weight is 261 g/mol. The van der Waals surface area contributed by atoms with Crippen LogP contribution in [0.1, 0.15) is 32.3 Å². The van der Waals surface area contributed by atoms with Gasteiger partial charge in [-0.2, -0.15) is 0 Å². The Morgan fingerprint density at radius 3 is 2.53 bits per heavy atom. The van der Waals surface area contributed by atoms with Crippen LogP contribution in [0.4, 0.5) is 0 Å². The number of nitrogens with zero attached hydrogens (tertiary/aromatic N) is 2. The normalized spacial score (nSPS) is 14.6. The van der Waals surface area contributed by atoms with E-state index in [9.17, 15) is 5.11 Å². The lowest BCUT2D eigenvalue weighted by Gasteiger charge is -2.17. The Balaban J connectivity index is 2.13. The van der Waals surface area contributed by atoms with Gasteiger partial charge in [0.2, 0.25) is 11.8 Å². The predicted octanol–water partition coefficient (Wildman–Crippen LogP) is 2.14. The Labute approximate surface area is 112 Å². The van der Waals surface area contributed by atoms with E-state index >= 15 is 0 Å². The fourth-order valence-corrected chi connectivity index (χ4v) is 1.91. The lowest BCUT2D eigenvalue weighted by atomic mass is 10.0. The molecule has 5 heteroatoms. The molecule has 2 atom stereocenters. The zero-order chi connectivity index (χ0) is 13.8. The third-order valence-electron chi connectivity index (χ3n) is 2.86. The van der Waals surface area contributed by atoms with Crippen molar-refractivity contribution in [3.63, 3.8) is 0 Å². The molecule has 19 heavy (non-hydrogen) atoms. The van der Waals surface area contributed by atoms with E-state index in [4.69, 9.17) is 10.2 Å². The highest BCUT2D eigenvalue weighted by molar-refractivity contribution is 5.51. The first-order chi connectivity index (χ1) is 9.08. The van der Waals surface area contributed by atoms with Gasteiger partial charge >= 0.3 is 0 Å². The summed E-state index contributed by atoms with van der Waals surface area (Å²) < 4.78 is 5.48. The molecule has 2 aromatic rings. The summed E-state index contributed by atoms with van der Waals surface area (Å²) in [6, 6.07) is 9.04. The molecular formula is C14H19N3O2. The van der Waals surface area contributed by atoms with E-state index in [1.165, 1.54) is 0 Å². The molecule has 0 aliphatic rings. The van der Waals surface area contributed by atoms with Gasteiger partial charge in [-0.3, -0.25) is 0 Å². The van der Waals surface area contributed by atoms with Crippen LogP contribution < -0.4 is 5.73 Å². The average Bonchev–Trinajstić information content (AvgIpc) is 2.87. The first kappa shape index (κ1) is 13.7. The molecule has 102 valence electrons. The summed E-state index contributed by atoms with van der Waals surface area (Å²) in [5.74, 6) is 0.972. The minimum atomic E-state index is -0.924. The topological polar surface area (TPSA) is 85.2 Å². The summed E-state index contributed by atoms with van der Waals surface area (Å²) >= 11 is 0. The minimum absolute atomic E-state index is 0.173. The quantitative estimate of drug-likeness (QED) is 0.861. The van der Waals surface area contributed by atoms with Gasteiger partial charge in [-0.1, -0.05) is 32.0 Å². The predicted molar refractivity (Wildman–Crippen MR) is 72.1 cm³/mol. The van der Waals surface area contributed by atoms with Crippen molar-refractivity contribution in [1.82, 2.24) is 10.2 Å². The molecule has 1 heterocycles. The second-order valence-electron chi connectivity index (χ2n) is 5.05. The molecule has 0 radical (unpaired) electrons. The molecular weight excluding hydrogens is 242 g/mol. The number of nitrogens with two attached hydrogens (primary N) is 1. The van der Waals surface area contributed by atoms with Crippen LogP contribution in [-0.4, -0.2) is 21.3 Å². The molecule has 1 aromatic heterocycles. The first-order valence-electron chi connectivity index (χ1n) is 6.40. The van der Waals surface area contributed by atoms with Crippen molar-refractivity contribution in [2.45, 2.75) is 32.4 Å². The lowest BCUT2D eigenvalue weighted by molar-refractivity contribution is 0.107. The van der Waals surface area contributed by atoms with E-state index in [1.807, 2.05) is 30.3 Å². The van der Waals surface area contributed by atoms with Crippen LogP contribution in [0.15, 0.2) is 34.7 Å². The van der Waals surface area contributed by atoms with Gasteiger partial charge in [0.25, 0.3) is 0 Å². The van der Waals surface area contributed by atoms with E-state index in [-0.39, 0.29) is 5.89 Å². The van der Waals surface area contributed by atoms with Gasteiger partial charge in [0.1, 0.15) is 6.10 Å². The van der Waals surface area contributed by atoms with Gasteiger partial charge in [-0.25, -0.2) is 0 Å². The Morgan fingerprint density at radius 2 is 1.89 bits per heavy atom. The number of aliphatic hydroxyl groups excluding tert-OH is 1. The van der Waals surface area contributed by atoms with E-state index in [0.717, 1.165) is 5.56 Å². The molecule has 0 saturated heterocycles. The number of aromatic nitrogens is 2. The number of hydrogen-bond donors (Lipinski definition) is 2. The summed E-state index contributed by atoms with van der Waals surface area (Å²) in [4.78, 5) is 0. The van der Waals surface area contributed by atoms with Crippen molar-refractivity contribution in [2.75, 3.05) is 0 Å². The SMILES string of the molecule is CC(C)CC(N)C(O)c1nnc(-c2ccccc2)o1. The summed E-state index contributed by atoms with van der Waals surface area (Å²) in [5.41, 5.74) is 6.75. The number of hydrogen-bond acceptors (Lipinski definition) is 5. The highest BCUT2D eigenvalue weighted by atomic mass is 16.4. The summed E-state index contributed by atoms with van der Waals surface area (Å²) in [5, 5.41) is 17.9. The van der Waals surface area contributed by atoms with Crippen molar-refractivity contribution in [3.05, 3.63) is 36.2 Å². The zero-order valence-corrected chi connectivity index (χ0v) is 11.2. The molecule has 0 fully saturated rings. The lowest BCUT2D eigenvalue weighted by Crippen LogP contribution is -2.30. The second kappa shape index (κ2) is 5.95. The molecule has 1 aromatic carbocycles. The van der Waals surface area contributed by atoms with Gasteiger partial charge in [0, 0.05) is 11.6 Å². The Hall–Kier alpha value is -1.72. The molecule has 0 spiro atoms. The van der Waals surface area contributed by atoms with Gasteiger partial charge in [-0.15, -0.1) is 10.2 Å². The number of rotatable bonds is 5. The largest absolute Gasteiger partial charge is 0.418 e. The van der Waals surface area contributed by atoms with Gasteiger partial charge < -0.3 is 15.3 Å². The number of benzene rings is 1. The summed E-state index contributed by atoms with van der Waals surface area (Å²) in [7, 11) is 0. The van der Waals surface area contributed by atoms with Crippen molar-refractivity contribution in [3.8, 4) is 11.5 Å². The molecule has 0 saturated carbocycles. The van der Waals surface area contributed by atoms with Crippen LogP contribution >= 0.6 is 0 Å². The molecule has 2 rings (SSSR count). The first-order valence-corrected chi connectivity index (χ1v) is 6.40. The molecule has 2 unspecified atom stereocenters. The van der Waals surface area contributed by atoms with Crippen molar-refractivity contribution in [2.24, 2.45) is 11.7 Å². The van der Waals surface area contributed by atoms with Crippen molar-refractivity contribution >= 4 is 0 Å². The number of aliphatic hydroxyl groups is 1. The summed E-state index contributed by atoms with van der Waals surface area (Å²) in [6.07, 6.45) is -0.225. The molecule has 0 aliphatic carbocycles. The molecule has 0 bridgehead atoms. The van der Waals surface area contributed by atoms with Crippen LogP contribution in [0.5, 0.6) is 0 Å². The van der Waals surface area contributed by atoms with Gasteiger partial charge in [0.15, 0.2) is 0 Å². The van der Waals surface area contributed by atoms with E-state index in [0.29, 0.717) is 18.2 Å². The molecule has 5 nitrogen and oxygen atoms in total. The molecule has 3 N–H and O–H groups in total. The third kappa shape index (κ3) is 3.39. The van der Waals surface area contributed by atoms with Crippen LogP contribution in [0.2, 0.25) is 0 Å². The maximum atomic E-state index is 10.1. The highest BCUT2D eigenvalue weighted by Gasteiger charge is 2.23. The fraction of sp³-hybridized carbons (Fsp3) is 0.429. The molecule has 0 aliphatic heterocycles. The minimum Gasteiger partial charge on any atom is -0.418 e. The smallest absolute Gasteiger partial charge is 0.247 e. The van der Waals surface area contributed by atoms with Crippen LogP contribution in [0, 0.1) is 5.92 Å². The maximum absolute atomic E-state index is 10.1. The monoisotopic (exact) mass is 261 g/mol. The van der Waals surface area contributed by atoms with Gasteiger partial charge in [-0.05, 0) is 24.5 Å². The van der Waals surface area contributed by atoms with E-state index in [2.05, 4.69) is 24.0 Å². The maximum Gasteiger partial charge on any atom is 0.247 e. The second-order valence-corrected chi connectivity index (χ2v) is 5.05. The fourth-order valence-electron chi connectivity index (χ4n) is 1.91. The van der Waals surface area contributed by atoms with Crippen LogP contribution in [0.3, 0.4) is 0 Å². The third-order valence-corrected chi connectivity index (χ3v) is 2.86. The summed E-state index contributed by atoms with van der Waals surface area (Å²) in [6.45, 7) is 4.10. The highest BCUT2D eigenvalue weighted by Crippen LogP contribution is 2.23. The van der Waals surface area contributed by atoms with Crippen molar-refractivity contribution in [1.29, 1.82) is 0 Å². The Kier molecular flexibility index (Phi) is 4.29. The van der Waals surface area contributed by atoms with Crippen molar-refractivity contribution < 1.29 is 9.52 Å². The zero-order valence-electron chi connectivity index (χ0n) is 11.2. The Morgan fingerprint density at radius 1 is 1.21 bits per heavy atom. The molecule has 0 amide bonds. The van der Waals surface area contributed by atoms with Crippen LogP contribution in [0.25, 0.3) is 11.5 Å². The van der Waals surface area contributed by atoms with E-state index in [1.54, 1.807) is 0 Å². The van der Waals surface area contributed by atoms with Crippen LogP contribution in [-0.2, 0) is 0 Å². The Bertz CT molecular complexity index is 510. The van der Waals surface area contributed by atoms with E-state index < -0.39 is 12.1 Å². The standard InChI is InChI=1S/C14H19N3O2/c1-9(2)8-11(15)12(18)14-17-16-13(19-14)10-6-4-3-5-7-10/h3-7,9,11-12,18H,8,15H2,1-2H3.